The second kappa shape index (κ2) is 7.80. The highest BCUT2D eigenvalue weighted by Crippen LogP contribution is 2.36. The molecule has 0 amide bonds. The van der Waals surface area contributed by atoms with Crippen molar-refractivity contribution in [2.75, 3.05) is 0 Å². The van der Waals surface area contributed by atoms with Gasteiger partial charge < -0.3 is 4.74 Å². The van der Waals surface area contributed by atoms with Gasteiger partial charge in [0.25, 0.3) is 5.82 Å². The molecule has 2 aromatic carbocycles. The summed E-state index contributed by atoms with van der Waals surface area (Å²) in [6, 6.07) is 17.8. The molecule has 1 aliphatic heterocycles. The number of halogens is 2. The van der Waals surface area contributed by atoms with Gasteiger partial charge in [0.2, 0.25) is 0 Å². The summed E-state index contributed by atoms with van der Waals surface area (Å²) in [7, 11) is 0. The Morgan fingerprint density at radius 3 is 2.11 bits per heavy atom. The average molecular weight is 410 g/mol. The van der Waals surface area contributed by atoms with Gasteiger partial charge in [0.15, 0.2) is 0 Å². The molecule has 0 spiro atoms. The molecule has 140 valence electrons. The summed E-state index contributed by atoms with van der Waals surface area (Å²) in [4.78, 5) is 4.49. The number of benzene rings is 2. The summed E-state index contributed by atoms with van der Waals surface area (Å²) in [5.41, 5.74) is 2.35. The van der Waals surface area contributed by atoms with Crippen molar-refractivity contribution in [2.24, 2.45) is 0 Å². The van der Waals surface area contributed by atoms with Crippen LogP contribution in [-0.4, -0.2) is 4.98 Å². The fraction of sp³-hybridized carbons (Fsp3) is 0.0870. The fourth-order valence-corrected chi connectivity index (χ4v) is 3.74. The van der Waals surface area contributed by atoms with Gasteiger partial charge >= 0.3 is 0 Å². The molecule has 0 aliphatic carbocycles. The van der Waals surface area contributed by atoms with E-state index in [1.807, 2.05) is 48.6 Å². The van der Waals surface area contributed by atoms with Crippen molar-refractivity contribution in [1.82, 2.24) is 9.47 Å². The smallest absolute Gasteiger partial charge is 0.256 e. The Kier molecular flexibility index (Phi) is 5.23. The molecule has 3 aromatic rings. The summed E-state index contributed by atoms with van der Waals surface area (Å²) < 4.78 is 6.33. The van der Waals surface area contributed by atoms with Crippen LogP contribution >= 0.6 is 23.2 Å². The molecule has 28 heavy (non-hydrogen) atoms. The summed E-state index contributed by atoms with van der Waals surface area (Å²) >= 11 is 12.5. The molecule has 0 saturated carbocycles. The van der Waals surface area contributed by atoms with Gasteiger partial charge in [0.1, 0.15) is 35.5 Å². The molecule has 4 rings (SSSR count). The summed E-state index contributed by atoms with van der Waals surface area (Å²) in [5, 5.41) is 1.07. The van der Waals surface area contributed by atoms with E-state index < -0.39 is 0 Å². The zero-order valence-corrected chi connectivity index (χ0v) is 16.9. The predicted octanol–water partition coefficient (Wildman–Crippen LogP) is 7.04. The third-order valence-corrected chi connectivity index (χ3v) is 5.11. The molecule has 0 radical (unpaired) electrons. The molecule has 1 aromatic heterocycles. The first kappa shape index (κ1) is 18.8. The lowest BCUT2D eigenvalue weighted by atomic mass is 10.2. The minimum Gasteiger partial charge on any atom is -0.457 e. The number of hydrogen-bond donors (Lipinski definition) is 0. The van der Waals surface area contributed by atoms with Gasteiger partial charge in [0.05, 0.1) is 11.2 Å². The first-order valence-electron chi connectivity index (χ1n) is 8.94. The quantitative estimate of drug-likeness (QED) is 0.421. The maximum atomic E-state index is 6.44. The van der Waals surface area contributed by atoms with Crippen LogP contribution in [0, 0.1) is 6.92 Å². The lowest BCUT2D eigenvalue weighted by molar-refractivity contribution is 0.473. The number of hydrogen-bond acceptors (Lipinski definition) is 2. The van der Waals surface area contributed by atoms with E-state index in [0.29, 0.717) is 21.1 Å². The van der Waals surface area contributed by atoms with Crippen LogP contribution in [0.15, 0.2) is 85.3 Å². The van der Waals surface area contributed by atoms with E-state index in [4.69, 9.17) is 27.9 Å². The second-order valence-corrected chi connectivity index (χ2v) is 7.63. The van der Waals surface area contributed by atoms with Crippen molar-refractivity contribution in [1.29, 1.82) is 0 Å². The first-order valence-corrected chi connectivity index (χ1v) is 9.69. The molecule has 0 atom stereocenters. The number of aromatic nitrogens is 1. The molecule has 2 heterocycles. The number of rotatable bonds is 5. The minimum absolute atomic E-state index is 0.411. The first-order chi connectivity index (χ1) is 13.5. The molecule has 0 N–H and O–H groups in total. The summed E-state index contributed by atoms with van der Waals surface area (Å²) in [6.07, 6.45) is 9.77. The van der Waals surface area contributed by atoms with E-state index >= 15 is 0 Å². The van der Waals surface area contributed by atoms with Crippen LogP contribution in [0.25, 0.3) is 0 Å². The van der Waals surface area contributed by atoms with Gasteiger partial charge in [0, 0.05) is 5.56 Å². The molecule has 1 aliphatic rings. The number of nitrogens with zero attached hydrogens (tertiary/aromatic N) is 2. The van der Waals surface area contributed by atoms with Gasteiger partial charge in [-0.1, -0.05) is 40.9 Å². The third kappa shape index (κ3) is 3.97. The number of pyridine rings is 1. The van der Waals surface area contributed by atoms with E-state index in [1.165, 1.54) is 5.56 Å². The van der Waals surface area contributed by atoms with Crippen LogP contribution in [0.4, 0.5) is 5.82 Å². The van der Waals surface area contributed by atoms with Gasteiger partial charge in [-0.15, -0.1) is 0 Å². The van der Waals surface area contributed by atoms with Crippen LogP contribution in [-0.2, 0) is 6.54 Å². The molecule has 0 saturated heterocycles. The minimum atomic E-state index is 0.411. The van der Waals surface area contributed by atoms with E-state index in [1.54, 1.807) is 12.3 Å². The van der Waals surface area contributed by atoms with Crippen LogP contribution in [0.1, 0.15) is 11.1 Å². The second-order valence-electron chi connectivity index (χ2n) is 6.79. The van der Waals surface area contributed by atoms with Crippen molar-refractivity contribution in [3.05, 3.63) is 107 Å². The topological polar surface area (TPSA) is 22.1 Å². The highest BCUT2D eigenvalue weighted by Gasteiger charge is 2.32. The van der Waals surface area contributed by atoms with Gasteiger partial charge in [-0.25, -0.2) is 9.47 Å². The van der Waals surface area contributed by atoms with E-state index in [9.17, 15) is 0 Å². The zero-order chi connectivity index (χ0) is 19.6. The van der Waals surface area contributed by atoms with Gasteiger partial charge in [-0.05, 0) is 61.5 Å². The van der Waals surface area contributed by atoms with Crippen LogP contribution in [0.2, 0.25) is 10.0 Å². The van der Waals surface area contributed by atoms with E-state index in [2.05, 4.69) is 36.4 Å². The molecular weight excluding hydrogens is 391 g/mol. The average Bonchev–Trinajstić information content (AvgIpc) is 3.14. The molecule has 5 heteroatoms. The molecular formula is C23H19Cl2N2O+. The lowest BCUT2D eigenvalue weighted by Gasteiger charge is -2.28. The van der Waals surface area contributed by atoms with Crippen molar-refractivity contribution in [3.63, 3.8) is 0 Å². The SMILES string of the molecule is Cc1ccc(Oc2ccc(C[N+]3(c4ncc(Cl)cc4Cl)C=CC=C3)cc2)cc1. The van der Waals surface area contributed by atoms with Crippen molar-refractivity contribution in [3.8, 4) is 11.5 Å². The van der Waals surface area contributed by atoms with Crippen LogP contribution in [0.5, 0.6) is 11.5 Å². The predicted molar refractivity (Wildman–Crippen MR) is 116 cm³/mol. The summed E-state index contributed by atoms with van der Waals surface area (Å²) in [5.74, 6) is 2.37. The molecule has 0 bridgehead atoms. The number of ether oxygens (including phenoxy) is 1. The normalized spacial score (nSPS) is 14.4. The molecule has 3 nitrogen and oxygen atoms in total. The Bertz CT molecular complexity index is 1030. The molecule has 0 fully saturated rings. The zero-order valence-electron chi connectivity index (χ0n) is 15.3. The Hall–Kier alpha value is -2.59. The van der Waals surface area contributed by atoms with Crippen LogP contribution in [0.3, 0.4) is 0 Å². The Labute approximate surface area is 174 Å². The Morgan fingerprint density at radius 1 is 0.893 bits per heavy atom. The number of quaternary nitrogens is 1. The Balaban J connectivity index is 1.56. The van der Waals surface area contributed by atoms with E-state index in [0.717, 1.165) is 22.9 Å². The lowest BCUT2D eigenvalue weighted by Crippen LogP contribution is -2.36. The van der Waals surface area contributed by atoms with Crippen molar-refractivity contribution < 1.29 is 4.74 Å². The van der Waals surface area contributed by atoms with Crippen molar-refractivity contribution in [2.45, 2.75) is 13.5 Å². The maximum Gasteiger partial charge on any atom is 0.256 e. The Morgan fingerprint density at radius 2 is 1.50 bits per heavy atom. The third-order valence-electron chi connectivity index (χ3n) is 4.62. The number of aryl methyl sites for hydroxylation is 1. The highest BCUT2D eigenvalue weighted by atomic mass is 35.5. The van der Waals surface area contributed by atoms with Crippen LogP contribution < -0.4 is 9.22 Å². The monoisotopic (exact) mass is 409 g/mol. The van der Waals surface area contributed by atoms with Crippen molar-refractivity contribution >= 4 is 29.0 Å². The fourth-order valence-electron chi connectivity index (χ4n) is 3.20. The highest BCUT2D eigenvalue weighted by molar-refractivity contribution is 6.35. The largest absolute Gasteiger partial charge is 0.457 e. The molecule has 0 unspecified atom stereocenters. The standard InChI is InChI=1S/C23H19Cl2N2O/c1-17-4-8-20(9-5-17)28-21-10-6-18(7-11-21)16-27(12-2-3-13-27)23-22(25)14-19(24)15-26-23/h2-15H,16H2,1H3/q+1. The summed E-state index contributed by atoms with van der Waals surface area (Å²) in [6.45, 7) is 2.74. The van der Waals surface area contributed by atoms with E-state index in [-0.39, 0.29) is 0 Å². The number of allylic oxidation sites excluding steroid dienone is 2. The van der Waals surface area contributed by atoms with Gasteiger partial charge in [-0.2, -0.15) is 0 Å². The maximum absolute atomic E-state index is 6.44. The van der Waals surface area contributed by atoms with Gasteiger partial charge in [-0.3, -0.25) is 0 Å².